The summed E-state index contributed by atoms with van der Waals surface area (Å²) in [5, 5.41) is 0. The first-order valence-electron chi connectivity index (χ1n) is 7.54. The molecule has 0 fully saturated rings. The van der Waals surface area contributed by atoms with Crippen LogP contribution in [0.15, 0.2) is 53.2 Å². The Kier molecular flexibility index (Phi) is 4.70. The van der Waals surface area contributed by atoms with Crippen molar-refractivity contribution in [2.75, 3.05) is 21.3 Å². The number of rotatable bonds is 5. The van der Waals surface area contributed by atoms with E-state index < -0.39 is 5.97 Å². The van der Waals surface area contributed by atoms with Gasteiger partial charge in [0.25, 0.3) is 0 Å². The van der Waals surface area contributed by atoms with Gasteiger partial charge in [0.2, 0.25) is 5.90 Å². The van der Waals surface area contributed by atoms with Crippen LogP contribution in [0.5, 0.6) is 17.2 Å². The van der Waals surface area contributed by atoms with E-state index in [9.17, 15) is 4.79 Å². The number of benzene rings is 2. The van der Waals surface area contributed by atoms with Crippen LogP contribution < -0.4 is 14.2 Å². The van der Waals surface area contributed by atoms with Gasteiger partial charge in [0.15, 0.2) is 17.2 Å². The van der Waals surface area contributed by atoms with Gasteiger partial charge in [0.1, 0.15) is 5.75 Å². The van der Waals surface area contributed by atoms with Crippen molar-refractivity contribution in [2.45, 2.75) is 0 Å². The number of carbonyl (C=O) groups is 1. The van der Waals surface area contributed by atoms with Gasteiger partial charge in [-0.1, -0.05) is 18.2 Å². The number of hydrogen-bond acceptors (Lipinski definition) is 6. The van der Waals surface area contributed by atoms with Gasteiger partial charge < -0.3 is 18.9 Å². The Balaban J connectivity index is 1.96. The third-order valence-electron chi connectivity index (χ3n) is 3.68. The number of cyclic esters (lactones) is 1. The van der Waals surface area contributed by atoms with Gasteiger partial charge in [-0.2, -0.15) is 0 Å². The molecule has 0 aromatic heterocycles. The van der Waals surface area contributed by atoms with Gasteiger partial charge >= 0.3 is 5.97 Å². The minimum Gasteiger partial charge on any atom is -0.496 e. The number of methoxy groups -OCH3 is 3. The van der Waals surface area contributed by atoms with Gasteiger partial charge in [0.05, 0.1) is 21.3 Å². The summed E-state index contributed by atoms with van der Waals surface area (Å²) < 4.78 is 21.0. The van der Waals surface area contributed by atoms with E-state index in [0.717, 1.165) is 5.56 Å². The molecule has 1 aliphatic heterocycles. The van der Waals surface area contributed by atoms with Crippen LogP contribution in [0.25, 0.3) is 6.08 Å². The lowest BCUT2D eigenvalue weighted by Crippen LogP contribution is -2.06. The fourth-order valence-corrected chi connectivity index (χ4v) is 2.43. The topological polar surface area (TPSA) is 66.3 Å². The zero-order valence-electron chi connectivity index (χ0n) is 14.1. The molecule has 0 atom stereocenters. The molecule has 1 heterocycles. The van der Waals surface area contributed by atoms with E-state index in [0.29, 0.717) is 22.8 Å². The molecule has 0 bridgehead atoms. The van der Waals surface area contributed by atoms with E-state index in [1.54, 1.807) is 38.5 Å². The summed E-state index contributed by atoms with van der Waals surface area (Å²) in [5.41, 5.74) is 1.57. The average Bonchev–Trinajstić information content (AvgIpc) is 3.02. The van der Waals surface area contributed by atoms with Crippen LogP contribution in [-0.4, -0.2) is 33.2 Å². The number of para-hydroxylation sites is 1. The molecule has 0 amide bonds. The first-order valence-corrected chi connectivity index (χ1v) is 7.54. The van der Waals surface area contributed by atoms with E-state index in [-0.39, 0.29) is 11.6 Å². The van der Waals surface area contributed by atoms with E-state index in [2.05, 4.69) is 4.99 Å². The fourth-order valence-electron chi connectivity index (χ4n) is 2.43. The summed E-state index contributed by atoms with van der Waals surface area (Å²) in [6.45, 7) is 0. The first kappa shape index (κ1) is 16.6. The third kappa shape index (κ3) is 3.33. The maximum Gasteiger partial charge on any atom is 0.363 e. The standard InChI is InChI=1S/C19H17NO5/c1-22-15-7-5-4-6-12(15)10-14-19(21)25-18(20-14)13-8-9-16(23-2)17(11-13)24-3/h4-11H,1-3H3/b14-10-. The smallest absolute Gasteiger partial charge is 0.363 e. The van der Waals surface area contributed by atoms with Crippen molar-refractivity contribution < 1.29 is 23.7 Å². The zero-order chi connectivity index (χ0) is 17.8. The second-order valence-corrected chi connectivity index (χ2v) is 5.15. The average molecular weight is 339 g/mol. The molecule has 1 aliphatic rings. The highest BCUT2D eigenvalue weighted by Crippen LogP contribution is 2.30. The first-order chi connectivity index (χ1) is 12.2. The third-order valence-corrected chi connectivity index (χ3v) is 3.68. The Bertz CT molecular complexity index is 870. The molecule has 2 aromatic carbocycles. The van der Waals surface area contributed by atoms with E-state index in [4.69, 9.17) is 18.9 Å². The number of ether oxygens (including phenoxy) is 4. The largest absolute Gasteiger partial charge is 0.496 e. The molecule has 0 spiro atoms. The van der Waals surface area contributed by atoms with Gasteiger partial charge in [0, 0.05) is 11.1 Å². The van der Waals surface area contributed by atoms with Crippen molar-refractivity contribution >= 4 is 17.9 Å². The van der Waals surface area contributed by atoms with Crippen LogP contribution in [0.2, 0.25) is 0 Å². The molecule has 0 unspecified atom stereocenters. The molecule has 0 radical (unpaired) electrons. The molecule has 6 heteroatoms. The molecule has 6 nitrogen and oxygen atoms in total. The molecule has 3 rings (SSSR count). The molecular weight excluding hydrogens is 322 g/mol. The van der Waals surface area contributed by atoms with Crippen LogP contribution in [0.4, 0.5) is 0 Å². The van der Waals surface area contributed by atoms with Gasteiger partial charge in [-0.3, -0.25) is 0 Å². The highest BCUT2D eigenvalue weighted by Gasteiger charge is 2.25. The number of hydrogen-bond donors (Lipinski definition) is 0. The summed E-state index contributed by atoms with van der Waals surface area (Å²) >= 11 is 0. The van der Waals surface area contributed by atoms with Crippen LogP contribution in [0.1, 0.15) is 11.1 Å². The maximum absolute atomic E-state index is 12.1. The van der Waals surface area contributed by atoms with Crippen LogP contribution >= 0.6 is 0 Å². The van der Waals surface area contributed by atoms with Crippen LogP contribution in [-0.2, 0) is 9.53 Å². The molecule has 0 aliphatic carbocycles. The summed E-state index contributed by atoms with van der Waals surface area (Å²) in [7, 11) is 4.67. The Morgan fingerprint density at radius 1 is 0.920 bits per heavy atom. The van der Waals surface area contributed by atoms with Crippen molar-refractivity contribution in [1.82, 2.24) is 0 Å². The second-order valence-electron chi connectivity index (χ2n) is 5.15. The Hall–Kier alpha value is -3.28. The SMILES string of the molecule is COc1ccccc1/C=C1\N=C(c2ccc(OC)c(OC)c2)OC1=O. The summed E-state index contributed by atoms with van der Waals surface area (Å²) in [6.07, 6.45) is 1.63. The molecule has 0 N–H and O–H groups in total. The summed E-state index contributed by atoms with van der Waals surface area (Å²) in [4.78, 5) is 16.4. The molecule has 0 saturated heterocycles. The van der Waals surface area contributed by atoms with Crippen molar-refractivity contribution in [3.63, 3.8) is 0 Å². The molecule has 2 aromatic rings. The van der Waals surface area contributed by atoms with Crippen molar-refractivity contribution in [3.05, 3.63) is 59.3 Å². The normalized spacial score (nSPS) is 14.9. The van der Waals surface area contributed by atoms with E-state index in [1.807, 2.05) is 24.3 Å². The van der Waals surface area contributed by atoms with Crippen molar-refractivity contribution in [3.8, 4) is 17.2 Å². The van der Waals surface area contributed by atoms with Gasteiger partial charge in [-0.05, 0) is 30.3 Å². The fraction of sp³-hybridized carbons (Fsp3) is 0.158. The molecular formula is C19H17NO5. The quantitative estimate of drug-likeness (QED) is 0.619. The van der Waals surface area contributed by atoms with E-state index >= 15 is 0 Å². The molecule has 25 heavy (non-hydrogen) atoms. The Labute approximate surface area is 145 Å². The number of esters is 1. The minimum absolute atomic E-state index is 0.203. The van der Waals surface area contributed by atoms with Crippen LogP contribution in [0.3, 0.4) is 0 Å². The van der Waals surface area contributed by atoms with Gasteiger partial charge in [-0.25, -0.2) is 9.79 Å². The lowest BCUT2D eigenvalue weighted by Gasteiger charge is -2.08. The predicted octanol–water partition coefficient (Wildman–Crippen LogP) is 3.06. The van der Waals surface area contributed by atoms with Gasteiger partial charge in [-0.15, -0.1) is 0 Å². The Morgan fingerprint density at radius 2 is 1.64 bits per heavy atom. The zero-order valence-corrected chi connectivity index (χ0v) is 14.1. The van der Waals surface area contributed by atoms with Crippen LogP contribution in [0, 0.1) is 0 Å². The lowest BCUT2D eigenvalue weighted by atomic mass is 10.1. The highest BCUT2D eigenvalue weighted by atomic mass is 16.6. The maximum atomic E-state index is 12.1. The Morgan fingerprint density at radius 3 is 2.36 bits per heavy atom. The number of nitrogens with zero attached hydrogens (tertiary/aromatic N) is 1. The highest BCUT2D eigenvalue weighted by molar-refractivity contribution is 6.13. The predicted molar refractivity (Wildman–Crippen MR) is 93.1 cm³/mol. The monoisotopic (exact) mass is 339 g/mol. The summed E-state index contributed by atoms with van der Waals surface area (Å²) in [6, 6.07) is 12.5. The lowest BCUT2D eigenvalue weighted by molar-refractivity contribution is -0.129. The minimum atomic E-state index is -0.518. The molecule has 0 saturated carbocycles. The van der Waals surface area contributed by atoms with E-state index in [1.165, 1.54) is 7.11 Å². The number of carbonyl (C=O) groups excluding carboxylic acids is 1. The molecule has 128 valence electrons. The van der Waals surface area contributed by atoms with Crippen molar-refractivity contribution in [1.29, 1.82) is 0 Å². The number of aliphatic imine (C=N–C) groups is 1. The van der Waals surface area contributed by atoms with Crippen molar-refractivity contribution in [2.24, 2.45) is 4.99 Å². The summed E-state index contributed by atoms with van der Waals surface area (Å²) in [5.74, 6) is 1.46. The second kappa shape index (κ2) is 7.09.